The second-order valence-corrected chi connectivity index (χ2v) is 4.22. The van der Waals surface area contributed by atoms with E-state index in [0.717, 1.165) is 18.2 Å². The molecule has 0 aliphatic rings. The quantitative estimate of drug-likeness (QED) is 0.861. The number of nitrogens with two attached hydrogens (primary N) is 1. The van der Waals surface area contributed by atoms with Gasteiger partial charge in [0.25, 0.3) is 0 Å². The zero-order valence-electron chi connectivity index (χ0n) is 11.3. The molecule has 0 aliphatic heterocycles. The fraction of sp³-hybridized carbons (Fsp3) is 0.500. The van der Waals surface area contributed by atoms with Crippen LogP contribution in [-0.2, 0) is 4.79 Å². The Balaban J connectivity index is 0.000000555. The van der Waals surface area contributed by atoms with Crippen molar-refractivity contribution < 1.29 is 18.7 Å². The van der Waals surface area contributed by atoms with Gasteiger partial charge >= 0.3 is 5.97 Å². The molecule has 0 spiro atoms. The van der Waals surface area contributed by atoms with Crippen LogP contribution >= 0.6 is 0 Å². The number of hydrogen-bond donors (Lipinski definition) is 2. The molecule has 3 nitrogen and oxygen atoms in total. The molecule has 1 unspecified atom stereocenters. The van der Waals surface area contributed by atoms with Crippen LogP contribution in [0.2, 0.25) is 0 Å². The number of carbonyl (C=O) groups is 1. The molecule has 0 radical (unpaired) electrons. The molecule has 19 heavy (non-hydrogen) atoms. The number of aliphatic carboxylic acids is 1. The maximum Gasteiger partial charge on any atom is 0.305 e. The lowest BCUT2D eigenvalue weighted by Gasteiger charge is -2.10. The van der Waals surface area contributed by atoms with Gasteiger partial charge in [0.15, 0.2) is 0 Å². The van der Waals surface area contributed by atoms with Gasteiger partial charge in [-0.2, -0.15) is 0 Å². The molecule has 1 aromatic rings. The van der Waals surface area contributed by atoms with Crippen molar-refractivity contribution in [3.8, 4) is 0 Å². The Labute approximate surface area is 112 Å². The van der Waals surface area contributed by atoms with E-state index < -0.39 is 30.1 Å². The second-order valence-electron chi connectivity index (χ2n) is 4.22. The van der Waals surface area contributed by atoms with Gasteiger partial charge in [0.05, 0.1) is 6.42 Å². The van der Waals surface area contributed by atoms with Crippen molar-refractivity contribution in [1.29, 1.82) is 0 Å². The summed E-state index contributed by atoms with van der Waals surface area (Å²) in [6.45, 7) is 4.42. The number of carboxylic acids is 1. The van der Waals surface area contributed by atoms with Gasteiger partial charge in [0, 0.05) is 11.6 Å². The van der Waals surface area contributed by atoms with Gasteiger partial charge in [-0.3, -0.25) is 4.79 Å². The molecule has 0 aliphatic carbocycles. The van der Waals surface area contributed by atoms with Gasteiger partial charge in [-0.1, -0.05) is 33.1 Å². The van der Waals surface area contributed by atoms with Crippen LogP contribution in [0.1, 0.15) is 51.1 Å². The van der Waals surface area contributed by atoms with E-state index in [1.165, 1.54) is 19.3 Å². The maximum absolute atomic E-state index is 13.0. The summed E-state index contributed by atoms with van der Waals surface area (Å²) in [4.78, 5) is 10.3. The zero-order valence-corrected chi connectivity index (χ0v) is 11.3. The minimum atomic E-state index is -1.15. The van der Waals surface area contributed by atoms with Crippen LogP contribution in [0.3, 0.4) is 0 Å². The van der Waals surface area contributed by atoms with Gasteiger partial charge in [-0.05, 0) is 18.2 Å². The van der Waals surface area contributed by atoms with Crippen molar-refractivity contribution in [3.63, 3.8) is 0 Å². The highest BCUT2D eigenvalue weighted by Crippen LogP contribution is 2.18. The predicted octanol–water partition coefficient (Wildman–Crippen LogP) is 3.64. The number of rotatable bonds is 5. The van der Waals surface area contributed by atoms with E-state index in [1.54, 1.807) is 0 Å². The van der Waals surface area contributed by atoms with Crippen LogP contribution in [0.5, 0.6) is 0 Å². The molecular weight excluding hydrogens is 252 g/mol. The van der Waals surface area contributed by atoms with Gasteiger partial charge in [0.1, 0.15) is 11.6 Å². The monoisotopic (exact) mass is 273 g/mol. The Morgan fingerprint density at radius 3 is 2.32 bits per heavy atom. The van der Waals surface area contributed by atoms with Crippen molar-refractivity contribution >= 4 is 5.97 Å². The third-order valence-corrected chi connectivity index (χ3v) is 2.46. The number of carboxylic acid groups (broad SMARTS) is 1. The van der Waals surface area contributed by atoms with Crippen LogP contribution in [0, 0.1) is 11.6 Å². The SMILES string of the molecule is CCCCC.NC(CC(=O)O)c1cc(F)ccc1F. The fourth-order valence-corrected chi connectivity index (χ4v) is 1.45. The molecule has 0 heterocycles. The van der Waals surface area contributed by atoms with Crippen LogP contribution < -0.4 is 5.73 Å². The Bertz CT molecular complexity index is 395. The van der Waals surface area contributed by atoms with Gasteiger partial charge < -0.3 is 10.8 Å². The first-order valence-electron chi connectivity index (χ1n) is 6.34. The second kappa shape index (κ2) is 9.44. The molecule has 0 bridgehead atoms. The summed E-state index contributed by atoms with van der Waals surface area (Å²) in [6.07, 6.45) is 3.65. The lowest BCUT2D eigenvalue weighted by atomic mass is 10.0. The van der Waals surface area contributed by atoms with Gasteiger partial charge in [0.2, 0.25) is 0 Å². The molecule has 0 saturated carbocycles. The summed E-state index contributed by atoms with van der Waals surface area (Å²) in [6, 6.07) is 1.75. The van der Waals surface area contributed by atoms with E-state index in [4.69, 9.17) is 10.8 Å². The van der Waals surface area contributed by atoms with Gasteiger partial charge in [-0.15, -0.1) is 0 Å². The number of benzene rings is 1. The molecular formula is C14H21F2NO2. The lowest BCUT2D eigenvalue weighted by molar-refractivity contribution is -0.137. The summed E-state index contributed by atoms with van der Waals surface area (Å²) in [5.41, 5.74) is 5.26. The van der Waals surface area contributed by atoms with E-state index >= 15 is 0 Å². The highest BCUT2D eigenvalue weighted by Gasteiger charge is 2.15. The molecule has 1 rings (SSSR count). The molecule has 0 amide bonds. The summed E-state index contributed by atoms with van der Waals surface area (Å²) in [5, 5.41) is 8.41. The molecule has 108 valence electrons. The smallest absolute Gasteiger partial charge is 0.305 e. The first kappa shape index (κ1) is 17.5. The van der Waals surface area contributed by atoms with E-state index in [1.807, 2.05) is 0 Å². The Morgan fingerprint density at radius 2 is 1.89 bits per heavy atom. The summed E-state index contributed by atoms with van der Waals surface area (Å²) in [5.74, 6) is -2.48. The summed E-state index contributed by atoms with van der Waals surface area (Å²) in [7, 11) is 0. The number of hydrogen-bond acceptors (Lipinski definition) is 2. The van der Waals surface area contributed by atoms with Crippen LogP contribution in [0.15, 0.2) is 18.2 Å². The Morgan fingerprint density at radius 1 is 1.32 bits per heavy atom. The average Bonchev–Trinajstić information content (AvgIpc) is 2.33. The Kier molecular flexibility index (Phi) is 8.70. The largest absolute Gasteiger partial charge is 0.481 e. The van der Waals surface area contributed by atoms with Crippen molar-refractivity contribution in [3.05, 3.63) is 35.4 Å². The zero-order chi connectivity index (χ0) is 14.8. The van der Waals surface area contributed by atoms with Crippen molar-refractivity contribution in [1.82, 2.24) is 0 Å². The number of unbranched alkanes of at least 4 members (excludes halogenated alkanes) is 2. The summed E-state index contributed by atoms with van der Waals surface area (Å²) < 4.78 is 25.7. The topological polar surface area (TPSA) is 63.3 Å². The predicted molar refractivity (Wildman–Crippen MR) is 70.7 cm³/mol. The van der Waals surface area contributed by atoms with Crippen LogP contribution in [-0.4, -0.2) is 11.1 Å². The van der Waals surface area contributed by atoms with Crippen molar-refractivity contribution in [2.45, 2.75) is 45.6 Å². The maximum atomic E-state index is 13.0. The molecule has 0 aromatic heterocycles. The lowest BCUT2D eigenvalue weighted by Crippen LogP contribution is -2.16. The van der Waals surface area contributed by atoms with Crippen molar-refractivity contribution in [2.75, 3.05) is 0 Å². The molecule has 1 atom stereocenters. The van der Waals surface area contributed by atoms with Crippen molar-refractivity contribution in [2.24, 2.45) is 5.73 Å². The normalized spacial score (nSPS) is 11.4. The highest BCUT2D eigenvalue weighted by molar-refractivity contribution is 5.67. The Hall–Kier alpha value is -1.49. The third-order valence-electron chi connectivity index (χ3n) is 2.46. The first-order chi connectivity index (χ1) is 8.92. The molecule has 1 aromatic carbocycles. The van der Waals surface area contributed by atoms with Crippen LogP contribution in [0.25, 0.3) is 0 Å². The molecule has 0 saturated heterocycles. The highest BCUT2D eigenvalue weighted by atomic mass is 19.1. The minimum absolute atomic E-state index is 0.118. The number of halogens is 2. The molecule has 5 heteroatoms. The summed E-state index contributed by atoms with van der Waals surface area (Å²) >= 11 is 0. The van der Waals surface area contributed by atoms with E-state index in [2.05, 4.69) is 13.8 Å². The average molecular weight is 273 g/mol. The minimum Gasteiger partial charge on any atom is -0.481 e. The van der Waals surface area contributed by atoms with E-state index in [-0.39, 0.29) is 5.56 Å². The first-order valence-corrected chi connectivity index (χ1v) is 6.34. The molecule has 3 N–H and O–H groups in total. The van der Waals surface area contributed by atoms with Crippen LogP contribution in [0.4, 0.5) is 8.78 Å². The van der Waals surface area contributed by atoms with E-state index in [0.29, 0.717) is 0 Å². The fourth-order valence-electron chi connectivity index (χ4n) is 1.45. The van der Waals surface area contributed by atoms with E-state index in [9.17, 15) is 13.6 Å². The van der Waals surface area contributed by atoms with Gasteiger partial charge in [-0.25, -0.2) is 8.78 Å². The standard InChI is InChI=1S/C9H9F2NO2.C5H12/c10-5-1-2-7(11)6(3-5)8(12)4-9(13)14;1-3-5-4-2/h1-3,8H,4,12H2,(H,13,14);3-5H2,1-2H3. The third kappa shape index (κ3) is 7.51. The molecule has 0 fully saturated rings.